The van der Waals surface area contributed by atoms with Crippen LogP contribution in [0, 0.1) is 0 Å². The number of hydrogen-bond donors (Lipinski definition) is 2. The Morgan fingerprint density at radius 2 is 2.00 bits per heavy atom. The lowest BCUT2D eigenvalue weighted by molar-refractivity contribution is -0.134. The van der Waals surface area contributed by atoms with Crippen molar-refractivity contribution in [2.75, 3.05) is 26.2 Å². The highest BCUT2D eigenvalue weighted by Crippen LogP contribution is 2.14. The number of oxazole rings is 1. The lowest BCUT2D eigenvalue weighted by atomic mass is 10.0. The number of carbonyl (C=O) groups is 1. The van der Waals surface area contributed by atoms with Gasteiger partial charge < -0.3 is 15.1 Å². The van der Waals surface area contributed by atoms with Crippen molar-refractivity contribution in [1.29, 1.82) is 0 Å². The summed E-state index contributed by atoms with van der Waals surface area (Å²) < 4.78 is 5.05. The molecule has 1 aliphatic heterocycles. The zero-order valence-corrected chi connectivity index (χ0v) is 14.1. The molecule has 24 heavy (non-hydrogen) atoms. The van der Waals surface area contributed by atoms with E-state index in [1.165, 1.54) is 0 Å². The van der Waals surface area contributed by atoms with E-state index in [0.29, 0.717) is 23.6 Å². The second-order valence-electron chi connectivity index (χ2n) is 6.61. The van der Waals surface area contributed by atoms with E-state index in [-0.39, 0.29) is 5.91 Å². The van der Waals surface area contributed by atoms with Crippen LogP contribution in [0.5, 0.6) is 0 Å². The van der Waals surface area contributed by atoms with Crippen LogP contribution in [0.15, 0.2) is 27.4 Å². The molecule has 2 heterocycles. The Bertz CT molecular complexity index is 771. The fourth-order valence-corrected chi connectivity index (χ4v) is 3.15. The van der Waals surface area contributed by atoms with Gasteiger partial charge in [-0.05, 0) is 38.0 Å². The van der Waals surface area contributed by atoms with E-state index < -0.39 is 11.8 Å². The van der Waals surface area contributed by atoms with Crippen molar-refractivity contribution in [1.82, 2.24) is 14.8 Å². The molecule has 0 radical (unpaired) electrons. The van der Waals surface area contributed by atoms with Crippen LogP contribution in [0.25, 0.3) is 11.1 Å². The molecule has 1 amide bonds. The second-order valence-corrected chi connectivity index (χ2v) is 6.61. The van der Waals surface area contributed by atoms with E-state index in [1.54, 1.807) is 12.1 Å². The van der Waals surface area contributed by atoms with Crippen molar-refractivity contribution in [3.05, 3.63) is 34.3 Å². The zero-order valence-electron chi connectivity index (χ0n) is 14.1. The number of carbonyl (C=O) groups excluding carboxylic acids is 1. The number of benzene rings is 1. The number of nitrogens with zero attached hydrogens (tertiary/aromatic N) is 2. The van der Waals surface area contributed by atoms with Crippen LogP contribution in [0.1, 0.15) is 19.4 Å². The van der Waals surface area contributed by atoms with Gasteiger partial charge in [0.25, 0.3) is 0 Å². The van der Waals surface area contributed by atoms with Crippen LogP contribution >= 0.6 is 0 Å². The van der Waals surface area contributed by atoms with Crippen molar-refractivity contribution in [2.24, 2.45) is 5.73 Å². The first-order chi connectivity index (χ1) is 11.4. The van der Waals surface area contributed by atoms with Crippen LogP contribution in [0.2, 0.25) is 0 Å². The van der Waals surface area contributed by atoms with E-state index in [1.807, 2.05) is 11.0 Å². The predicted octanol–water partition coefficient (Wildman–Crippen LogP) is 0.544. The summed E-state index contributed by atoms with van der Waals surface area (Å²) in [4.78, 5) is 30.5. The van der Waals surface area contributed by atoms with Gasteiger partial charge in [-0.15, -0.1) is 0 Å². The van der Waals surface area contributed by atoms with Crippen LogP contribution in [-0.4, -0.2) is 59.0 Å². The molecule has 1 fully saturated rings. The Balaban J connectivity index is 1.62. The second kappa shape index (κ2) is 6.78. The van der Waals surface area contributed by atoms with E-state index in [4.69, 9.17) is 10.2 Å². The summed E-state index contributed by atoms with van der Waals surface area (Å²) in [5, 5.41) is 0. The number of fused-ring (bicyclic) bond motifs is 1. The van der Waals surface area contributed by atoms with Crippen molar-refractivity contribution < 1.29 is 9.21 Å². The average Bonchev–Trinajstić information content (AvgIpc) is 2.93. The molecule has 1 atom stereocenters. The molecule has 1 unspecified atom stereocenters. The van der Waals surface area contributed by atoms with Crippen LogP contribution < -0.4 is 11.5 Å². The van der Waals surface area contributed by atoms with Crippen LogP contribution in [0.3, 0.4) is 0 Å². The van der Waals surface area contributed by atoms with Crippen molar-refractivity contribution in [2.45, 2.75) is 32.4 Å². The fraction of sp³-hybridized carbons (Fsp3) is 0.529. The first-order valence-electron chi connectivity index (χ1n) is 8.34. The lowest BCUT2D eigenvalue weighted by Crippen LogP contribution is -2.54. The van der Waals surface area contributed by atoms with Gasteiger partial charge in [-0.25, -0.2) is 4.79 Å². The molecular formula is C17H24N4O3. The highest BCUT2D eigenvalue weighted by Gasteiger charge is 2.26. The number of aromatic amines is 1. The smallest absolute Gasteiger partial charge is 0.408 e. The number of hydrogen-bond acceptors (Lipinski definition) is 5. The number of piperazine rings is 1. The number of nitrogens with two attached hydrogens (primary N) is 1. The zero-order chi connectivity index (χ0) is 17.3. The van der Waals surface area contributed by atoms with E-state index >= 15 is 0 Å². The molecule has 0 saturated carbocycles. The molecule has 3 N–H and O–H groups in total. The summed E-state index contributed by atoms with van der Waals surface area (Å²) in [6, 6.07) is 5.31. The third kappa shape index (κ3) is 3.52. The third-order valence-electron chi connectivity index (χ3n) is 4.61. The highest BCUT2D eigenvalue weighted by atomic mass is 16.4. The summed E-state index contributed by atoms with van der Waals surface area (Å²) in [6.07, 6.45) is 0.425. The molecule has 130 valence electrons. The Kier molecular flexibility index (Phi) is 4.73. The Morgan fingerprint density at radius 1 is 1.29 bits per heavy atom. The Labute approximate surface area is 140 Å². The molecular weight excluding hydrogens is 308 g/mol. The van der Waals surface area contributed by atoms with Gasteiger partial charge >= 0.3 is 5.76 Å². The molecule has 1 aromatic carbocycles. The minimum absolute atomic E-state index is 0.0194. The Morgan fingerprint density at radius 3 is 2.67 bits per heavy atom. The maximum absolute atomic E-state index is 12.5. The standard InChI is InChI=1S/C17H24N4O3/c1-11(2)20-5-7-21(8-6-20)16(22)13(18)9-12-3-4-14-15(10-12)24-17(23)19-14/h3-4,10-11,13H,5-9,18H2,1-2H3,(H,19,23). The van der Waals surface area contributed by atoms with Gasteiger partial charge in [-0.2, -0.15) is 0 Å². The van der Waals surface area contributed by atoms with Gasteiger partial charge in [0.15, 0.2) is 5.58 Å². The summed E-state index contributed by atoms with van der Waals surface area (Å²) in [7, 11) is 0. The molecule has 1 aliphatic rings. The van der Waals surface area contributed by atoms with Gasteiger partial charge in [0.1, 0.15) is 0 Å². The van der Waals surface area contributed by atoms with Gasteiger partial charge in [-0.1, -0.05) is 6.07 Å². The number of nitrogens with one attached hydrogen (secondary N) is 1. The van der Waals surface area contributed by atoms with Gasteiger partial charge in [0, 0.05) is 32.2 Å². The van der Waals surface area contributed by atoms with Crippen molar-refractivity contribution in [3.63, 3.8) is 0 Å². The molecule has 1 saturated heterocycles. The molecule has 3 rings (SSSR count). The van der Waals surface area contributed by atoms with Crippen LogP contribution in [-0.2, 0) is 11.2 Å². The molecule has 1 aromatic heterocycles. The quantitative estimate of drug-likeness (QED) is 0.852. The van der Waals surface area contributed by atoms with Gasteiger partial charge in [0.2, 0.25) is 5.91 Å². The molecule has 0 bridgehead atoms. The summed E-state index contributed by atoms with van der Waals surface area (Å²) in [5.41, 5.74) is 8.14. The number of aromatic nitrogens is 1. The SMILES string of the molecule is CC(C)N1CCN(C(=O)C(N)Cc2ccc3[nH]c(=O)oc3c2)CC1. The maximum Gasteiger partial charge on any atom is 0.417 e. The largest absolute Gasteiger partial charge is 0.417 e. The van der Waals surface area contributed by atoms with Crippen molar-refractivity contribution in [3.8, 4) is 0 Å². The summed E-state index contributed by atoms with van der Waals surface area (Å²) >= 11 is 0. The summed E-state index contributed by atoms with van der Waals surface area (Å²) in [5.74, 6) is -0.500. The minimum Gasteiger partial charge on any atom is -0.408 e. The molecule has 7 heteroatoms. The first-order valence-corrected chi connectivity index (χ1v) is 8.34. The molecule has 2 aromatic rings. The van der Waals surface area contributed by atoms with Crippen LogP contribution in [0.4, 0.5) is 0 Å². The molecule has 0 spiro atoms. The van der Waals surface area contributed by atoms with E-state index in [0.717, 1.165) is 31.7 Å². The molecule has 7 nitrogen and oxygen atoms in total. The van der Waals surface area contributed by atoms with Gasteiger partial charge in [0.05, 0.1) is 11.6 Å². The van der Waals surface area contributed by atoms with Gasteiger partial charge in [-0.3, -0.25) is 14.7 Å². The highest BCUT2D eigenvalue weighted by molar-refractivity contribution is 5.82. The maximum atomic E-state index is 12.5. The number of rotatable bonds is 4. The topological polar surface area (TPSA) is 95.6 Å². The monoisotopic (exact) mass is 332 g/mol. The summed E-state index contributed by atoms with van der Waals surface area (Å²) in [6.45, 7) is 7.54. The van der Waals surface area contributed by atoms with E-state index in [9.17, 15) is 9.59 Å². The number of amides is 1. The lowest BCUT2D eigenvalue weighted by Gasteiger charge is -2.37. The number of H-pyrrole nitrogens is 1. The predicted molar refractivity (Wildman–Crippen MR) is 91.8 cm³/mol. The fourth-order valence-electron chi connectivity index (χ4n) is 3.15. The minimum atomic E-state index is -0.585. The average molecular weight is 332 g/mol. The molecule has 0 aliphatic carbocycles. The van der Waals surface area contributed by atoms with E-state index in [2.05, 4.69) is 23.7 Å². The van der Waals surface area contributed by atoms with Crippen molar-refractivity contribution >= 4 is 17.0 Å². The third-order valence-corrected chi connectivity index (χ3v) is 4.61. The Hall–Kier alpha value is -2.12. The normalized spacial score (nSPS) is 17.6. The first kappa shape index (κ1) is 16.7.